The maximum Gasteiger partial charge on any atom is 0.416 e. The highest BCUT2D eigenvalue weighted by Crippen LogP contribution is 2.41. The van der Waals surface area contributed by atoms with Gasteiger partial charge >= 0.3 is 6.18 Å². The predicted octanol–water partition coefficient (Wildman–Crippen LogP) is 4.77. The van der Waals surface area contributed by atoms with Crippen molar-refractivity contribution in [2.24, 2.45) is 11.7 Å². The van der Waals surface area contributed by atoms with Crippen LogP contribution in [0.1, 0.15) is 55.7 Å². The first-order chi connectivity index (χ1) is 9.26. The van der Waals surface area contributed by atoms with Crippen LogP contribution in [-0.2, 0) is 11.7 Å². The Bertz CT molecular complexity index is 481. The van der Waals surface area contributed by atoms with E-state index in [9.17, 15) is 13.2 Å². The molecule has 0 saturated heterocycles. The van der Waals surface area contributed by atoms with Crippen LogP contribution in [0.3, 0.4) is 0 Å². The molecular weight excluding hydrogens is 263 g/mol. The molecule has 0 heterocycles. The van der Waals surface area contributed by atoms with Crippen LogP contribution in [0.15, 0.2) is 18.2 Å². The lowest BCUT2D eigenvalue weighted by Gasteiger charge is -2.39. The molecule has 1 saturated carbocycles. The summed E-state index contributed by atoms with van der Waals surface area (Å²) in [5.74, 6) is 0.579. The number of alkyl halides is 3. The summed E-state index contributed by atoms with van der Waals surface area (Å²) >= 11 is 0. The van der Waals surface area contributed by atoms with Gasteiger partial charge in [0.2, 0.25) is 0 Å². The van der Waals surface area contributed by atoms with Crippen LogP contribution in [0.5, 0.6) is 0 Å². The molecule has 1 fully saturated rings. The third kappa shape index (κ3) is 3.00. The molecule has 2 rings (SSSR count). The molecule has 0 bridgehead atoms. The van der Waals surface area contributed by atoms with E-state index in [1.165, 1.54) is 12.5 Å². The molecule has 112 valence electrons. The van der Waals surface area contributed by atoms with Gasteiger partial charge in [-0.25, -0.2) is 0 Å². The molecule has 1 aromatic rings. The van der Waals surface area contributed by atoms with Gasteiger partial charge in [0.1, 0.15) is 0 Å². The molecule has 0 aromatic heterocycles. The Hall–Kier alpha value is -1.03. The van der Waals surface area contributed by atoms with Crippen molar-refractivity contribution in [1.82, 2.24) is 0 Å². The van der Waals surface area contributed by atoms with E-state index in [2.05, 4.69) is 6.92 Å². The first-order valence-electron chi connectivity index (χ1n) is 7.23. The average molecular weight is 285 g/mol. The van der Waals surface area contributed by atoms with E-state index >= 15 is 0 Å². The molecule has 1 aromatic carbocycles. The fourth-order valence-electron chi connectivity index (χ4n) is 3.42. The van der Waals surface area contributed by atoms with E-state index in [1.54, 1.807) is 13.0 Å². The van der Waals surface area contributed by atoms with Crippen molar-refractivity contribution in [1.29, 1.82) is 0 Å². The molecule has 20 heavy (non-hydrogen) atoms. The van der Waals surface area contributed by atoms with E-state index in [0.717, 1.165) is 37.3 Å². The zero-order chi connectivity index (χ0) is 15.0. The van der Waals surface area contributed by atoms with E-state index in [4.69, 9.17) is 5.73 Å². The summed E-state index contributed by atoms with van der Waals surface area (Å²) in [4.78, 5) is 0. The lowest BCUT2D eigenvalue weighted by Crippen LogP contribution is -2.42. The van der Waals surface area contributed by atoms with Gasteiger partial charge in [0.05, 0.1) is 5.56 Å². The fourth-order valence-corrected chi connectivity index (χ4v) is 3.42. The van der Waals surface area contributed by atoms with Crippen LogP contribution in [0.25, 0.3) is 0 Å². The Morgan fingerprint density at radius 2 is 2.05 bits per heavy atom. The van der Waals surface area contributed by atoms with Gasteiger partial charge in [-0.3, -0.25) is 0 Å². The second kappa shape index (κ2) is 5.40. The minimum Gasteiger partial charge on any atom is -0.321 e. The molecule has 0 radical (unpaired) electrons. The van der Waals surface area contributed by atoms with Gasteiger partial charge in [0.25, 0.3) is 0 Å². The number of halogens is 3. The van der Waals surface area contributed by atoms with E-state index in [0.29, 0.717) is 11.5 Å². The van der Waals surface area contributed by atoms with Gasteiger partial charge in [-0.05, 0) is 48.9 Å². The molecule has 0 spiro atoms. The van der Waals surface area contributed by atoms with Gasteiger partial charge in [-0.1, -0.05) is 32.3 Å². The van der Waals surface area contributed by atoms with Gasteiger partial charge < -0.3 is 5.73 Å². The lowest BCUT2D eigenvalue weighted by atomic mass is 9.70. The average Bonchev–Trinajstić information content (AvgIpc) is 2.37. The molecule has 4 heteroatoms. The summed E-state index contributed by atoms with van der Waals surface area (Å²) in [7, 11) is 0. The highest BCUT2D eigenvalue weighted by molar-refractivity contribution is 5.37. The van der Waals surface area contributed by atoms with Crippen LogP contribution in [0.4, 0.5) is 13.2 Å². The van der Waals surface area contributed by atoms with Crippen molar-refractivity contribution < 1.29 is 13.2 Å². The zero-order valence-corrected chi connectivity index (χ0v) is 12.1. The summed E-state index contributed by atoms with van der Waals surface area (Å²) in [6.07, 6.45) is 0.748. The summed E-state index contributed by atoms with van der Waals surface area (Å²) in [6, 6.07) is 3.96. The second-order valence-corrected chi connectivity index (χ2v) is 6.05. The molecular formula is C16H22F3N. The van der Waals surface area contributed by atoms with Gasteiger partial charge in [-0.2, -0.15) is 13.2 Å². The smallest absolute Gasteiger partial charge is 0.321 e. The van der Waals surface area contributed by atoms with Crippen LogP contribution in [-0.4, -0.2) is 0 Å². The van der Waals surface area contributed by atoms with Crippen molar-refractivity contribution in [2.75, 3.05) is 0 Å². The number of hydrogen-bond donors (Lipinski definition) is 1. The molecule has 2 unspecified atom stereocenters. The predicted molar refractivity (Wildman–Crippen MR) is 74.3 cm³/mol. The van der Waals surface area contributed by atoms with Gasteiger partial charge in [-0.15, -0.1) is 0 Å². The first-order valence-corrected chi connectivity index (χ1v) is 7.23. The maximum atomic E-state index is 12.7. The van der Waals surface area contributed by atoms with Crippen LogP contribution < -0.4 is 5.73 Å². The first kappa shape index (κ1) is 15.4. The van der Waals surface area contributed by atoms with Gasteiger partial charge in [0.15, 0.2) is 0 Å². The lowest BCUT2D eigenvalue weighted by molar-refractivity contribution is -0.137. The number of hydrogen-bond acceptors (Lipinski definition) is 1. The van der Waals surface area contributed by atoms with Crippen LogP contribution >= 0.6 is 0 Å². The van der Waals surface area contributed by atoms with Crippen molar-refractivity contribution in [3.05, 3.63) is 34.9 Å². The molecule has 0 amide bonds. The van der Waals surface area contributed by atoms with E-state index in [-0.39, 0.29) is 0 Å². The Morgan fingerprint density at radius 1 is 1.35 bits per heavy atom. The summed E-state index contributed by atoms with van der Waals surface area (Å²) in [6.45, 7) is 3.88. The molecule has 2 atom stereocenters. The maximum absolute atomic E-state index is 12.7. The highest BCUT2D eigenvalue weighted by Gasteiger charge is 2.36. The van der Waals surface area contributed by atoms with Crippen LogP contribution in [0.2, 0.25) is 0 Å². The largest absolute Gasteiger partial charge is 0.416 e. The zero-order valence-electron chi connectivity index (χ0n) is 12.1. The summed E-state index contributed by atoms with van der Waals surface area (Å²) in [5, 5.41) is 0. The monoisotopic (exact) mass is 285 g/mol. The molecule has 1 aliphatic carbocycles. The third-order valence-corrected chi connectivity index (χ3v) is 4.56. The van der Waals surface area contributed by atoms with Crippen molar-refractivity contribution in [2.45, 2.75) is 57.7 Å². The Labute approximate surface area is 118 Å². The standard InChI is InChI=1S/C16H22F3N/c1-3-12-5-4-8-15(20,10-12)14-7-6-13(9-11(14)2)16(17,18)19/h6-7,9,12H,3-5,8,10,20H2,1-2H3. The highest BCUT2D eigenvalue weighted by atomic mass is 19.4. The summed E-state index contributed by atoms with van der Waals surface area (Å²) < 4.78 is 38.2. The number of aryl methyl sites for hydroxylation is 1. The van der Waals surface area contributed by atoms with Crippen molar-refractivity contribution in [3.63, 3.8) is 0 Å². The molecule has 0 aliphatic heterocycles. The second-order valence-electron chi connectivity index (χ2n) is 6.05. The number of rotatable bonds is 2. The van der Waals surface area contributed by atoms with E-state index < -0.39 is 17.3 Å². The fraction of sp³-hybridized carbons (Fsp3) is 0.625. The third-order valence-electron chi connectivity index (χ3n) is 4.56. The Balaban J connectivity index is 2.33. The number of nitrogens with two attached hydrogens (primary N) is 1. The number of benzene rings is 1. The van der Waals surface area contributed by atoms with E-state index in [1.807, 2.05) is 0 Å². The molecule has 2 N–H and O–H groups in total. The normalized spacial score (nSPS) is 27.6. The molecule has 1 aliphatic rings. The topological polar surface area (TPSA) is 26.0 Å². The van der Waals surface area contributed by atoms with Crippen LogP contribution in [0, 0.1) is 12.8 Å². The minimum atomic E-state index is -4.29. The molecule has 1 nitrogen and oxygen atoms in total. The summed E-state index contributed by atoms with van der Waals surface area (Å²) in [5.41, 5.74) is 7.00. The Morgan fingerprint density at radius 3 is 2.60 bits per heavy atom. The Kier molecular flexibility index (Phi) is 4.14. The van der Waals surface area contributed by atoms with Crippen molar-refractivity contribution in [3.8, 4) is 0 Å². The SMILES string of the molecule is CCC1CCCC(N)(c2ccc(C(F)(F)F)cc2C)C1. The van der Waals surface area contributed by atoms with Gasteiger partial charge in [0, 0.05) is 5.54 Å². The quantitative estimate of drug-likeness (QED) is 0.832. The van der Waals surface area contributed by atoms with Crippen molar-refractivity contribution >= 4 is 0 Å². The minimum absolute atomic E-state index is 0.465.